The minimum Gasteiger partial charge on any atom is -0.393 e. The minimum atomic E-state index is -0.136. The first kappa shape index (κ1) is 16.8. The van der Waals surface area contributed by atoms with Crippen molar-refractivity contribution in [3.05, 3.63) is 23.8 Å². The maximum Gasteiger partial charge on any atom is 0.0577 e. The first-order valence-electron chi connectivity index (χ1n) is 10.0. The Kier molecular flexibility index (Phi) is 3.65. The lowest BCUT2D eigenvalue weighted by Crippen LogP contribution is -2.66. The Morgan fingerprint density at radius 2 is 1.92 bits per heavy atom. The molecule has 0 aromatic carbocycles. The Morgan fingerprint density at radius 3 is 2.62 bits per heavy atom. The molecule has 2 heteroatoms. The van der Waals surface area contributed by atoms with Crippen LogP contribution in [0.1, 0.15) is 72.1 Å². The molecule has 0 bridgehead atoms. The van der Waals surface area contributed by atoms with Crippen LogP contribution in [0.4, 0.5) is 0 Å². The molecule has 0 aliphatic heterocycles. The molecule has 0 amide bonds. The number of hydrogen-bond donors (Lipinski definition) is 2. The summed E-state index contributed by atoms with van der Waals surface area (Å²) in [5.41, 5.74) is 10.7. The maximum absolute atomic E-state index is 10.1. The van der Waals surface area contributed by atoms with Crippen LogP contribution in [0.3, 0.4) is 0 Å². The maximum atomic E-state index is 10.1. The quantitative estimate of drug-likeness (QED) is 0.692. The van der Waals surface area contributed by atoms with E-state index < -0.39 is 0 Å². The number of aliphatic hydroxyl groups excluding tert-OH is 1. The summed E-state index contributed by atoms with van der Waals surface area (Å²) in [5, 5.41) is 10.1. The fourth-order valence-corrected chi connectivity index (χ4v) is 7.67. The minimum absolute atomic E-state index is 0.0578. The van der Waals surface area contributed by atoms with Crippen LogP contribution in [0, 0.1) is 28.6 Å². The zero-order valence-corrected chi connectivity index (χ0v) is 15.8. The fraction of sp³-hybridized carbons (Fsp3) is 0.818. The lowest BCUT2D eigenvalue weighted by Gasteiger charge is -2.63. The van der Waals surface area contributed by atoms with Crippen molar-refractivity contribution < 1.29 is 5.11 Å². The van der Waals surface area contributed by atoms with Crippen LogP contribution in [0.5, 0.6) is 0 Å². The average molecular weight is 330 g/mol. The second-order valence-corrected chi connectivity index (χ2v) is 9.99. The molecule has 4 rings (SSSR count). The number of hydrogen-bond acceptors (Lipinski definition) is 2. The van der Waals surface area contributed by atoms with Gasteiger partial charge in [0.05, 0.1) is 6.10 Å². The van der Waals surface area contributed by atoms with Crippen molar-refractivity contribution in [2.24, 2.45) is 34.3 Å². The lowest BCUT2D eigenvalue weighted by molar-refractivity contribution is -0.0633. The number of fused-ring (bicyclic) bond motifs is 5. The van der Waals surface area contributed by atoms with Crippen LogP contribution in [-0.4, -0.2) is 16.7 Å². The Hall–Kier alpha value is -0.600. The van der Waals surface area contributed by atoms with Crippen LogP contribution in [0.2, 0.25) is 0 Å². The molecule has 7 atom stereocenters. The van der Waals surface area contributed by atoms with Crippen LogP contribution in [0.15, 0.2) is 23.8 Å². The molecule has 4 aliphatic carbocycles. The monoisotopic (exact) mass is 329 g/mol. The highest BCUT2D eigenvalue weighted by atomic mass is 16.3. The summed E-state index contributed by atoms with van der Waals surface area (Å²) >= 11 is 0. The van der Waals surface area contributed by atoms with Gasteiger partial charge in [-0.25, -0.2) is 0 Å². The predicted octanol–water partition coefficient (Wildman–Crippen LogP) is 4.58. The van der Waals surface area contributed by atoms with Crippen LogP contribution < -0.4 is 5.73 Å². The second-order valence-electron chi connectivity index (χ2n) is 9.99. The van der Waals surface area contributed by atoms with Crippen molar-refractivity contribution in [2.75, 3.05) is 0 Å². The molecular weight excluding hydrogens is 294 g/mol. The van der Waals surface area contributed by atoms with Crippen molar-refractivity contribution in [1.82, 2.24) is 0 Å². The van der Waals surface area contributed by atoms with Gasteiger partial charge in [-0.15, -0.1) is 0 Å². The summed E-state index contributed by atoms with van der Waals surface area (Å²) in [6.45, 7) is 11.5. The van der Waals surface area contributed by atoms with Crippen molar-refractivity contribution >= 4 is 0 Å². The lowest BCUT2D eigenvalue weighted by atomic mass is 9.44. The summed E-state index contributed by atoms with van der Waals surface area (Å²) in [4.78, 5) is 0. The summed E-state index contributed by atoms with van der Waals surface area (Å²) in [6, 6.07) is 0. The first-order valence-corrected chi connectivity index (χ1v) is 10.0. The Labute approximate surface area is 147 Å². The van der Waals surface area contributed by atoms with Gasteiger partial charge in [0.1, 0.15) is 0 Å². The first-order chi connectivity index (χ1) is 11.2. The Bertz CT molecular complexity index is 595. The second kappa shape index (κ2) is 5.20. The molecule has 4 aliphatic rings. The molecule has 3 saturated carbocycles. The molecule has 0 aromatic rings. The molecule has 0 heterocycles. The molecule has 3 fully saturated rings. The zero-order valence-electron chi connectivity index (χ0n) is 15.8. The third kappa shape index (κ3) is 2.02. The van der Waals surface area contributed by atoms with E-state index in [2.05, 4.69) is 33.4 Å². The average Bonchev–Trinajstić information content (AvgIpc) is 2.87. The van der Waals surface area contributed by atoms with Gasteiger partial charge in [-0.05, 0) is 86.9 Å². The van der Waals surface area contributed by atoms with E-state index in [0.717, 1.165) is 25.7 Å². The van der Waals surface area contributed by atoms with Crippen molar-refractivity contribution in [1.29, 1.82) is 0 Å². The summed E-state index contributed by atoms with van der Waals surface area (Å²) < 4.78 is 0. The van der Waals surface area contributed by atoms with Gasteiger partial charge in [-0.3, -0.25) is 0 Å². The summed E-state index contributed by atoms with van der Waals surface area (Å²) in [5.74, 6) is 1.85. The van der Waals surface area contributed by atoms with E-state index in [1.54, 1.807) is 0 Å². The van der Waals surface area contributed by atoms with Crippen molar-refractivity contribution in [2.45, 2.75) is 83.8 Å². The van der Waals surface area contributed by atoms with E-state index in [9.17, 15) is 5.11 Å². The van der Waals surface area contributed by atoms with Gasteiger partial charge < -0.3 is 10.8 Å². The van der Waals surface area contributed by atoms with E-state index in [1.165, 1.54) is 36.8 Å². The van der Waals surface area contributed by atoms with Gasteiger partial charge >= 0.3 is 0 Å². The number of nitrogens with two attached hydrogens (primary N) is 1. The highest BCUT2D eigenvalue weighted by molar-refractivity contribution is 5.31. The van der Waals surface area contributed by atoms with Crippen LogP contribution >= 0.6 is 0 Å². The summed E-state index contributed by atoms with van der Waals surface area (Å²) in [6.07, 6.45) is 11.3. The zero-order chi connectivity index (χ0) is 17.3. The van der Waals surface area contributed by atoms with Gasteiger partial charge in [-0.2, -0.15) is 0 Å². The Morgan fingerprint density at radius 1 is 1.17 bits per heavy atom. The standard InChI is InChI=1S/C22H35NO/c1-14(2)17-5-6-18-21(17,4)11-9-19-20(3)10-8-16(24)13-15(20)7-12-22(18,19)23/h7,16-19,24H,1,5-6,8-13,23H2,2-4H3/t16-,17+,18+,19+,20-,21+,22+/m0/s1. The topological polar surface area (TPSA) is 46.2 Å². The van der Waals surface area contributed by atoms with E-state index in [4.69, 9.17) is 5.73 Å². The molecule has 24 heavy (non-hydrogen) atoms. The van der Waals surface area contributed by atoms with E-state index in [0.29, 0.717) is 23.2 Å². The van der Waals surface area contributed by atoms with Gasteiger partial charge in [0.2, 0.25) is 0 Å². The van der Waals surface area contributed by atoms with E-state index in [-0.39, 0.29) is 17.1 Å². The molecule has 0 spiro atoms. The Balaban J connectivity index is 1.73. The molecule has 2 nitrogen and oxygen atoms in total. The smallest absolute Gasteiger partial charge is 0.0577 e. The normalized spacial score (nSPS) is 53.6. The summed E-state index contributed by atoms with van der Waals surface area (Å²) in [7, 11) is 0. The highest BCUT2D eigenvalue weighted by Gasteiger charge is 2.64. The number of rotatable bonds is 1. The largest absolute Gasteiger partial charge is 0.393 e. The molecule has 0 unspecified atom stereocenters. The van der Waals surface area contributed by atoms with E-state index >= 15 is 0 Å². The fourth-order valence-electron chi connectivity index (χ4n) is 7.67. The SMILES string of the molecule is C=C(C)[C@H]1CC[C@@H]2[C@]1(C)CC[C@H]1[C@@]2(N)CC=C2C[C@@H](O)CC[C@@]21C. The van der Waals surface area contributed by atoms with Crippen molar-refractivity contribution in [3.8, 4) is 0 Å². The van der Waals surface area contributed by atoms with E-state index in [1.807, 2.05) is 0 Å². The van der Waals surface area contributed by atoms with Crippen LogP contribution in [-0.2, 0) is 0 Å². The third-order valence-electron chi connectivity index (χ3n) is 8.86. The number of allylic oxidation sites excluding steroid dienone is 1. The molecule has 3 N–H and O–H groups in total. The van der Waals surface area contributed by atoms with Crippen molar-refractivity contribution in [3.63, 3.8) is 0 Å². The molecule has 0 radical (unpaired) electrons. The molecule has 0 saturated heterocycles. The van der Waals surface area contributed by atoms with Gasteiger partial charge in [0.15, 0.2) is 0 Å². The molecule has 134 valence electrons. The molecular formula is C22H35NO. The highest BCUT2D eigenvalue weighted by Crippen LogP contribution is 2.67. The van der Waals surface area contributed by atoms with Gasteiger partial charge in [0, 0.05) is 5.54 Å². The molecule has 0 aromatic heterocycles. The van der Waals surface area contributed by atoms with Gasteiger partial charge in [0.25, 0.3) is 0 Å². The predicted molar refractivity (Wildman–Crippen MR) is 99.4 cm³/mol. The third-order valence-corrected chi connectivity index (χ3v) is 8.86. The van der Waals surface area contributed by atoms with Crippen LogP contribution in [0.25, 0.3) is 0 Å². The number of aliphatic hydroxyl groups is 1. The van der Waals surface area contributed by atoms with Gasteiger partial charge in [-0.1, -0.05) is 37.6 Å².